The highest BCUT2D eigenvalue weighted by Crippen LogP contribution is 2.30. The number of aromatic carboxylic acids is 1. The number of benzene rings is 1. The van der Waals surface area contributed by atoms with Gasteiger partial charge in [-0.25, -0.2) is 13.2 Å². The summed E-state index contributed by atoms with van der Waals surface area (Å²) in [4.78, 5) is 10.8. The molecule has 1 aromatic rings. The van der Waals surface area contributed by atoms with Gasteiger partial charge in [-0.3, -0.25) is 0 Å². The van der Waals surface area contributed by atoms with Gasteiger partial charge >= 0.3 is 5.97 Å². The summed E-state index contributed by atoms with van der Waals surface area (Å²) in [6.07, 6.45) is 0.995. The summed E-state index contributed by atoms with van der Waals surface area (Å²) in [5.74, 6) is -1.16. The largest absolute Gasteiger partial charge is 0.478 e. The van der Waals surface area contributed by atoms with Crippen molar-refractivity contribution in [3.8, 4) is 0 Å². The number of carbonyl (C=O) groups is 1. The highest BCUT2D eigenvalue weighted by molar-refractivity contribution is 7.90. The normalized spacial score (nSPS) is 11.5. The van der Waals surface area contributed by atoms with Crippen LogP contribution in [0.2, 0.25) is 5.02 Å². The van der Waals surface area contributed by atoms with E-state index in [-0.39, 0.29) is 15.5 Å². The number of rotatable bonds is 2. The maximum absolute atomic E-state index is 11.4. The SMILES string of the molecule is Cc1c(C(=O)O)cc(S(C)(=O)=O)c(Cl)c1C. The molecule has 0 atom stereocenters. The van der Waals surface area contributed by atoms with E-state index < -0.39 is 15.8 Å². The Morgan fingerprint density at radius 3 is 2.19 bits per heavy atom. The minimum absolute atomic E-state index is 0.0395. The van der Waals surface area contributed by atoms with E-state index in [1.807, 2.05) is 0 Å². The van der Waals surface area contributed by atoms with Crippen molar-refractivity contribution in [3.63, 3.8) is 0 Å². The number of hydrogen-bond acceptors (Lipinski definition) is 3. The first-order valence-electron chi connectivity index (χ1n) is 4.39. The average Bonchev–Trinajstić information content (AvgIpc) is 2.11. The molecule has 1 N–H and O–H groups in total. The first-order valence-corrected chi connectivity index (χ1v) is 6.66. The summed E-state index contributed by atoms with van der Waals surface area (Å²) in [7, 11) is -3.52. The van der Waals surface area contributed by atoms with Crippen molar-refractivity contribution in [2.75, 3.05) is 6.26 Å². The molecule has 0 spiro atoms. The Labute approximate surface area is 98.8 Å². The van der Waals surface area contributed by atoms with E-state index in [9.17, 15) is 13.2 Å². The quantitative estimate of drug-likeness (QED) is 0.886. The Kier molecular flexibility index (Phi) is 3.30. The molecule has 0 aromatic heterocycles. The third kappa shape index (κ3) is 2.20. The van der Waals surface area contributed by atoms with Crippen molar-refractivity contribution in [3.05, 3.63) is 27.8 Å². The summed E-state index contributed by atoms with van der Waals surface area (Å²) in [6, 6.07) is 1.10. The predicted octanol–water partition coefficient (Wildman–Crippen LogP) is 2.06. The van der Waals surface area contributed by atoms with Crippen molar-refractivity contribution >= 4 is 27.4 Å². The van der Waals surface area contributed by atoms with Gasteiger partial charge < -0.3 is 5.11 Å². The van der Waals surface area contributed by atoms with Crippen LogP contribution in [0.1, 0.15) is 21.5 Å². The fraction of sp³-hybridized carbons (Fsp3) is 0.300. The van der Waals surface area contributed by atoms with Gasteiger partial charge in [-0.2, -0.15) is 0 Å². The Morgan fingerprint density at radius 2 is 1.81 bits per heavy atom. The van der Waals surface area contributed by atoms with Crippen LogP contribution in [0.15, 0.2) is 11.0 Å². The van der Waals surface area contributed by atoms with E-state index in [0.717, 1.165) is 12.3 Å². The molecular formula is C10H11ClO4S. The van der Waals surface area contributed by atoms with E-state index >= 15 is 0 Å². The van der Waals surface area contributed by atoms with Crippen LogP contribution >= 0.6 is 11.6 Å². The lowest BCUT2D eigenvalue weighted by Crippen LogP contribution is -2.07. The molecule has 0 heterocycles. The molecule has 16 heavy (non-hydrogen) atoms. The Balaban J connectivity index is 3.74. The molecule has 4 nitrogen and oxygen atoms in total. The molecule has 0 saturated heterocycles. The molecule has 0 amide bonds. The minimum atomic E-state index is -3.52. The third-order valence-corrected chi connectivity index (χ3v) is 4.14. The maximum atomic E-state index is 11.4. The van der Waals surface area contributed by atoms with E-state index in [4.69, 9.17) is 16.7 Å². The molecule has 0 unspecified atom stereocenters. The van der Waals surface area contributed by atoms with Gasteiger partial charge in [-0.15, -0.1) is 0 Å². The lowest BCUT2D eigenvalue weighted by atomic mass is 10.0. The number of halogens is 1. The van der Waals surface area contributed by atoms with Gasteiger partial charge in [0.25, 0.3) is 0 Å². The van der Waals surface area contributed by atoms with Crippen molar-refractivity contribution < 1.29 is 18.3 Å². The van der Waals surface area contributed by atoms with Crippen LogP contribution in [-0.2, 0) is 9.84 Å². The number of carboxylic acid groups (broad SMARTS) is 1. The van der Waals surface area contributed by atoms with Crippen LogP contribution in [0.25, 0.3) is 0 Å². The zero-order chi connectivity index (χ0) is 12.7. The summed E-state index contributed by atoms with van der Waals surface area (Å²) in [5.41, 5.74) is 0.911. The minimum Gasteiger partial charge on any atom is -0.478 e. The van der Waals surface area contributed by atoms with Crippen molar-refractivity contribution in [2.24, 2.45) is 0 Å². The molecule has 0 bridgehead atoms. The van der Waals surface area contributed by atoms with E-state index in [1.54, 1.807) is 13.8 Å². The number of sulfone groups is 1. The fourth-order valence-corrected chi connectivity index (χ4v) is 2.77. The summed E-state index contributed by atoms with van der Waals surface area (Å²) >= 11 is 5.89. The third-order valence-electron chi connectivity index (χ3n) is 2.42. The number of hydrogen-bond donors (Lipinski definition) is 1. The van der Waals surface area contributed by atoms with Crippen LogP contribution in [0.4, 0.5) is 0 Å². The van der Waals surface area contributed by atoms with Gasteiger partial charge in [0.15, 0.2) is 9.84 Å². The smallest absolute Gasteiger partial charge is 0.336 e. The fourth-order valence-electron chi connectivity index (χ4n) is 1.35. The lowest BCUT2D eigenvalue weighted by molar-refractivity contribution is 0.0695. The molecular weight excluding hydrogens is 252 g/mol. The van der Waals surface area contributed by atoms with E-state index in [2.05, 4.69) is 0 Å². The van der Waals surface area contributed by atoms with Crippen molar-refractivity contribution in [1.29, 1.82) is 0 Å². The van der Waals surface area contributed by atoms with Crippen LogP contribution in [0.3, 0.4) is 0 Å². The molecule has 0 radical (unpaired) electrons. The molecule has 0 aliphatic heterocycles. The van der Waals surface area contributed by atoms with Crippen LogP contribution in [0, 0.1) is 13.8 Å². The van der Waals surface area contributed by atoms with Crippen LogP contribution in [-0.4, -0.2) is 25.7 Å². The highest BCUT2D eigenvalue weighted by atomic mass is 35.5. The second-order valence-corrected chi connectivity index (χ2v) is 5.93. The summed E-state index contributed by atoms with van der Waals surface area (Å²) in [6.45, 7) is 3.19. The van der Waals surface area contributed by atoms with E-state index in [1.165, 1.54) is 0 Å². The van der Waals surface area contributed by atoms with Gasteiger partial charge in [-0.1, -0.05) is 11.6 Å². The Hall–Kier alpha value is -1.07. The van der Waals surface area contributed by atoms with Crippen molar-refractivity contribution in [1.82, 2.24) is 0 Å². The molecule has 6 heteroatoms. The zero-order valence-electron chi connectivity index (χ0n) is 9.04. The van der Waals surface area contributed by atoms with Crippen LogP contribution in [0.5, 0.6) is 0 Å². The zero-order valence-corrected chi connectivity index (χ0v) is 10.6. The van der Waals surface area contributed by atoms with Crippen molar-refractivity contribution in [2.45, 2.75) is 18.7 Å². The maximum Gasteiger partial charge on any atom is 0.336 e. The van der Waals surface area contributed by atoms with Gasteiger partial charge in [0.2, 0.25) is 0 Å². The van der Waals surface area contributed by atoms with Crippen LogP contribution < -0.4 is 0 Å². The Bertz CT molecular complexity index is 561. The standard InChI is InChI=1S/C10H11ClO4S/c1-5-6(2)9(11)8(16(3,14)15)4-7(5)10(12)13/h4H,1-3H3,(H,12,13). The summed E-state index contributed by atoms with van der Waals surface area (Å²) in [5, 5.41) is 9.02. The lowest BCUT2D eigenvalue weighted by Gasteiger charge is -2.11. The summed E-state index contributed by atoms with van der Waals surface area (Å²) < 4.78 is 22.8. The predicted molar refractivity (Wildman–Crippen MR) is 61.0 cm³/mol. The molecule has 0 saturated carbocycles. The van der Waals surface area contributed by atoms with Gasteiger partial charge in [0.1, 0.15) is 0 Å². The van der Waals surface area contributed by atoms with E-state index in [0.29, 0.717) is 11.1 Å². The molecule has 1 aromatic carbocycles. The number of carboxylic acids is 1. The van der Waals surface area contributed by atoms with Gasteiger partial charge in [-0.05, 0) is 31.0 Å². The molecule has 88 valence electrons. The first-order chi connectivity index (χ1) is 7.16. The monoisotopic (exact) mass is 262 g/mol. The Morgan fingerprint density at radius 1 is 1.31 bits per heavy atom. The van der Waals surface area contributed by atoms with Gasteiger partial charge in [0.05, 0.1) is 15.5 Å². The topological polar surface area (TPSA) is 71.4 Å². The first kappa shape index (κ1) is 13.0. The second-order valence-electron chi connectivity index (χ2n) is 3.56. The molecule has 0 aliphatic carbocycles. The highest BCUT2D eigenvalue weighted by Gasteiger charge is 2.20. The molecule has 1 rings (SSSR count). The molecule has 0 fully saturated rings. The van der Waals surface area contributed by atoms with Gasteiger partial charge in [0, 0.05) is 6.26 Å². The average molecular weight is 263 g/mol. The molecule has 0 aliphatic rings. The second kappa shape index (κ2) is 4.07.